The summed E-state index contributed by atoms with van der Waals surface area (Å²) in [5, 5.41) is 3.36. The molecular weight excluding hydrogens is 334 g/mol. The van der Waals surface area contributed by atoms with Gasteiger partial charge >= 0.3 is 0 Å². The Labute approximate surface area is 121 Å². The van der Waals surface area contributed by atoms with Crippen LogP contribution in [-0.2, 0) is 0 Å². The van der Waals surface area contributed by atoms with E-state index < -0.39 is 0 Å². The maximum atomic E-state index is 12.4. The first-order valence-corrected chi connectivity index (χ1v) is 7.27. The Morgan fingerprint density at radius 3 is 2.89 bits per heavy atom. The van der Waals surface area contributed by atoms with Crippen molar-refractivity contribution in [3.8, 4) is 0 Å². The Morgan fingerprint density at radius 1 is 1.33 bits per heavy atom. The zero-order valence-corrected chi connectivity index (χ0v) is 12.2. The Balaban J connectivity index is 2.19. The molecule has 0 amide bonds. The first-order chi connectivity index (χ1) is 8.68. The van der Waals surface area contributed by atoms with Gasteiger partial charge < -0.3 is 4.98 Å². The van der Waals surface area contributed by atoms with E-state index >= 15 is 0 Å². The molecule has 3 aromatic rings. The Morgan fingerprint density at radius 2 is 2.17 bits per heavy atom. The minimum atomic E-state index is 0.00499. The number of nitrogens with one attached hydrogen (secondary N) is 1. The normalized spacial score (nSPS) is 11.0. The molecule has 0 atom stereocenters. The van der Waals surface area contributed by atoms with Crippen LogP contribution < -0.4 is 0 Å². The minimum Gasteiger partial charge on any atom is -0.359 e. The van der Waals surface area contributed by atoms with Gasteiger partial charge in [0.25, 0.3) is 0 Å². The van der Waals surface area contributed by atoms with Crippen LogP contribution in [0.4, 0.5) is 0 Å². The van der Waals surface area contributed by atoms with E-state index in [9.17, 15) is 4.79 Å². The van der Waals surface area contributed by atoms with E-state index in [0.717, 1.165) is 15.4 Å². The highest BCUT2D eigenvalue weighted by Gasteiger charge is 2.18. The van der Waals surface area contributed by atoms with Crippen molar-refractivity contribution in [3.05, 3.63) is 55.8 Å². The monoisotopic (exact) mass is 339 g/mol. The van der Waals surface area contributed by atoms with Gasteiger partial charge in [0.05, 0.1) is 15.4 Å². The molecule has 0 saturated heterocycles. The third-order valence-corrected chi connectivity index (χ3v) is 4.88. The number of aromatic nitrogens is 1. The molecule has 2 nitrogen and oxygen atoms in total. The first-order valence-electron chi connectivity index (χ1n) is 5.22. The van der Waals surface area contributed by atoms with Gasteiger partial charge in [-0.2, -0.15) is 0 Å². The number of halogens is 2. The number of thiophene rings is 1. The molecule has 0 bridgehead atoms. The number of aromatic amines is 1. The second-order valence-electron chi connectivity index (χ2n) is 3.79. The van der Waals surface area contributed by atoms with Crippen LogP contribution in [0, 0.1) is 0 Å². The van der Waals surface area contributed by atoms with Crippen LogP contribution in [0.5, 0.6) is 0 Å². The van der Waals surface area contributed by atoms with Crippen LogP contribution in [-0.4, -0.2) is 10.8 Å². The van der Waals surface area contributed by atoms with Gasteiger partial charge in [-0.25, -0.2) is 0 Å². The quantitative estimate of drug-likeness (QED) is 0.663. The van der Waals surface area contributed by atoms with Crippen LogP contribution in [0.25, 0.3) is 10.9 Å². The Kier molecular flexibility index (Phi) is 3.01. The van der Waals surface area contributed by atoms with Crippen LogP contribution in [0.1, 0.15) is 15.2 Å². The highest BCUT2D eigenvalue weighted by atomic mass is 79.9. The highest BCUT2D eigenvalue weighted by Crippen LogP contribution is 2.30. The van der Waals surface area contributed by atoms with E-state index in [1.54, 1.807) is 12.3 Å². The summed E-state index contributed by atoms with van der Waals surface area (Å²) in [6, 6.07) is 7.42. The number of H-pyrrole nitrogens is 1. The molecule has 0 aliphatic carbocycles. The standard InChI is InChI=1S/C13H7BrClNOS/c14-9-4-5-18-13(9)12(17)8-6-16-11-7(8)2-1-3-10(11)15/h1-6,16H. The molecule has 18 heavy (non-hydrogen) atoms. The predicted molar refractivity (Wildman–Crippen MR) is 78.8 cm³/mol. The third kappa shape index (κ3) is 1.81. The SMILES string of the molecule is O=C(c1sccc1Br)c1c[nH]c2c(Cl)cccc12. The van der Waals surface area contributed by atoms with Crippen molar-refractivity contribution in [1.29, 1.82) is 0 Å². The Bertz CT molecular complexity index is 746. The molecule has 3 rings (SSSR count). The fourth-order valence-corrected chi connectivity index (χ4v) is 3.62. The summed E-state index contributed by atoms with van der Waals surface area (Å²) < 4.78 is 0.828. The summed E-state index contributed by atoms with van der Waals surface area (Å²) in [6.07, 6.45) is 1.71. The molecule has 0 aliphatic heterocycles. The summed E-state index contributed by atoms with van der Waals surface area (Å²) in [5.41, 5.74) is 1.45. The van der Waals surface area contributed by atoms with E-state index in [2.05, 4.69) is 20.9 Å². The largest absolute Gasteiger partial charge is 0.359 e. The van der Waals surface area contributed by atoms with E-state index in [4.69, 9.17) is 11.6 Å². The molecule has 1 N–H and O–H groups in total. The second-order valence-corrected chi connectivity index (χ2v) is 5.97. The number of hydrogen-bond acceptors (Lipinski definition) is 2. The van der Waals surface area contributed by atoms with E-state index in [1.807, 2.05) is 23.6 Å². The second kappa shape index (κ2) is 4.53. The Hall–Kier alpha value is -1.10. The van der Waals surface area contributed by atoms with E-state index in [0.29, 0.717) is 15.5 Å². The number of carbonyl (C=O) groups is 1. The molecule has 90 valence electrons. The molecule has 0 unspecified atom stereocenters. The van der Waals surface area contributed by atoms with Crippen molar-refractivity contribution in [3.63, 3.8) is 0 Å². The van der Waals surface area contributed by atoms with Gasteiger partial charge in [-0.15, -0.1) is 11.3 Å². The van der Waals surface area contributed by atoms with Crippen LogP contribution >= 0.6 is 38.9 Å². The van der Waals surface area contributed by atoms with Crippen molar-refractivity contribution in [1.82, 2.24) is 4.98 Å². The fourth-order valence-electron chi connectivity index (χ4n) is 1.88. The summed E-state index contributed by atoms with van der Waals surface area (Å²) in [7, 11) is 0. The van der Waals surface area contributed by atoms with Gasteiger partial charge in [0.2, 0.25) is 5.78 Å². The molecule has 2 aromatic heterocycles. The molecule has 2 heterocycles. The molecule has 5 heteroatoms. The van der Waals surface area contributed by atoms with E-state index in [-0.39, 0.29) is 5.78 Å². The van der Waals surface area contributed by atoms with Crippen molar-refractivity contribution in [2.75, 3.05) is 0 Å². The summed E-state index contributed by atoms with van der Waals surface area (Å²) in [6.45, 7) is 0. The van der Waals surface area contributed by atoms with Gasteiger partial charge in [0, 0.05) is 21.6 Å². The molecule has 0 aliphatic rings. The van der Waals surface area contributed by atoms with Crippen LogP contribution in [0.3, 0.4) is 0 Å². The summed E-state index contributed by atoms with van der Waals surface area (Å²) >= 11 is 10.9. The lowest BCUT2D eigenvalue weighted by Crippen LogP contribution is -1.97. The maximum absolute atomic E-state index is 12.4. The van der Waals surface area contributed by atoms with Gasteiger partial charge in [-0.05, 0) is 33.4 Å². The van der Waals surface area contributed by atoms with Crippen molar-refractivity contribution in [2.45, 2.75) is 0 Å². The molecule has 0 spiro atoms. The molecule has 0 radical (unpaired) electrons. The van der Waals surface area contributed by atoms with Gasteiger partial charge in [0.15, 0.2) is 0 Å². The molecule has 0 fully saturated rings. The zero-order chi connectivity index (χ0) is 12.7. The number of hydrogen-bond donors (Lipinski definition) is 1. The lowest BCUT2D eigenvalue weighted by Gasteiger charge is -1.98. The summed E-state index contributed by atoms with van der Waals surface area (Å²) in [5.74, 6) is 0.00499. The molecule has 1 aromatic carbocycles. The van der Waals surface area contributed by atoms with Crippen molar-refractivity contribution < 1.29 is 4.79 Å². The number of benzene rings is 1. The topological polar surface area (TPSA) is 32.9 Å². The number of rotatable bonds is 2. The van der Waals surface area contributed by atoms with Gasteiger partial charge in [-0.1, -0.05) is 23.7 Å². The number of fused-ring (bicyclic) bond motifs is 1. The first kappa shape index (κ1) is 12.0. The smallest absolute Gasteiger partial charge is 0.206 e. The maximum Gasteiger partial charge on any atom is 0.206 e. The fraction of sp³-hybridized carbons (Fsp3) is 0. The number of carbonyl (C=O) groups excluding carboxylic acids is 1. The summed E-state index contributed by atoms with van der Waals surface area (Å²) in [4.78, 5) is 16.2. The average Bonchev–Trinajstić information content (AvgIpc) is 2.95. The molecule has 0 saturated carbocycles. The highest BCUT2D eigenvalue weighted by molar-refractivity contribution is 9.10. The average molecular weight is 341 g/mol. The number of ketones is 1. The number of para-hydroxylation sites is 1. The molecular formula is C13H7BrClNOS. The van der Waals surface area contributed by atoms with E-state index in [1.165, 1.54) is 11.3 Å². The lowest BCUT2D eigenvalue weighted by molar-refractivity contribution is 0.104. The zero-order valence-electron chi connectivity index (χ0n) is 9.04. The van der Waals surface area contributed by atoms with Crippen molar-refractivity contribution in [2.24, 2.45) is 0 Å². The van der Waals surface area contributed by atoms with Crippen molar-refractivity contribution >= 4 is 55.6 Å². The van der Waals surface area contributed by atoms with Crippen LogP contribution in [0.15, 0.2) is 40.3 Å². The van der Waals surface area contributed by atoms with Crippen LogP contribution in [0.2, 0.25) is 5.02 Å². The predicted octanol–water partition coefficient (Wildman–Crippen LogP) is 4.88. The third-order valence-electron chi connectivity index (χ3n) is 2.73. The van der Waals surface area contributed by atoms with Gasteiger partial charge in [0.1, 0.15) is 0 Å². The lowest BCUT2D eigenvalue weighted by atomic mass is 10.1. The van der Waals surface area contributed by atoms with Gasteiger partial charge in [-0.3, -0.25) is 4.79 Å². The minimum absolute atomic E-state index is 0.00499.